The summed E-state index contributed by atoms with van der Waals surface area (Å²) in [6.07, 6.45) is 1.61. The summed E-state index contributed by atoms with van der Waals surface area (Å²) in [5.74, 6) is -1.04. The van der Waals surface area contributed by atoms with Crippen molar-refractivity contribution in [3.05, 3.63) is 23.7 Å². The highest BCUT2D eigenvalue weighted by Gasteiger charge is 2.27. The van der Waals surface area contributed by atoms with Crippen LogP contribution in [0.1, 0.15) is 41.7 Å². The first-order chi connectivity index (χ1) is 7.68. The highest BCUT2D eigenvalue weighted by atomic mass is 16.5. The molecule has 1 aromatic rings. The molecule has 1 fully saturated rings. The average Bonchev–Trinajstić information content (AvgIpc) is 2.78. The summed E-state index contributed by atoms with van der Waals surface area (Å²) in [4.78, 5) is 10.6. The van der Waals surface area contributed by atoms with Crippen LogP contribution in [0, 0.1) is 0 Å². The van der Waals surface area contributed by atoms with Crippen LogP contribution in [0.3, 0.4) is 0 Å². The highest BCUT2D eigenvalue weighted by Crippen LogP contribution is 2.27. The van der Waals surface area contributed by atoms with Gasteiger partial charge in [0.2, 0.25) is 5.76 Å². The van der Waals surface area contributed by atoms with Crippen molar-refractivity contribution in [3.8, 4) is 0 Å². The Morgan fingerprint density at radius 3 is 2.81 bits per heavy atom. The lowest BCUT2D eigenvalue weighted by Gasteiger charge is -2.25. The lowest BCUT2D eigenvalue weighted by molar-refractivity contribution is -0.0705. The molecular formula is C11H14O5. The number of carbonyl (C=O) groups is 1. The molecule has 5 nitrogen and oxygen atoms in total. The number of aliphatic hydroxyl groups is 1. The third-order valence-corrected chi connectivity index (χ3v) is 2.70. The van der Waals surface area contributed by atoms with E-state index in [1.165, 1.54) is 12.1 Å². The number of aromatic carboxylic acids is 1. The van der Waals surface area contributed by atoms with Crippen molar-refractivity contribution in [2.45, 2.75) is 31.5 Å². The van der Waals surface area contributed by atoms with E-state index in [0.717, 1.165) is 19.3 Å². The van der Waals surface area contributed by atoms with Gasteiger partial charge in [0.15, 0.2) is 0 Å². The summed E-state index contributed by atoms with van der Waals surface area (Å²) >= 11 is 0. The van der Waals surface area contributed by atoms with Crippen molar-refractivity contribution < 1.29 is 24.2 Å². The Morgan fingerprint density at radius 2 is 2.25 bits per heavy atom. The summed E-state index contributed by atoms with van der Waals surface area (Å²) in [7, 11) is 0. The first-order valence-electron chi connectivity index (χ1n) is 5.31. The molecule has 1 saturated heterocycles. The quantitative estimate of drug-likeness (QED) is 0.817. The van der Waals surface area contributed by atoms with E-state index < -0.39 is 12.1 Å². The molecule has 2 N–H and O–H groups in total. The second-order valence-electron chi connectivity index (χ2n) is 3.86. The van der Waals surface area contributed by atoms with Gasteiger partial charge in [0.05, 0.1) is 6.10 Å². The topological polar surface area (TPSA) is 79.9 Å². The molecule has 5 heteroatoms. The minimum Gasteiger partial charge on any atom is -0.475 e. The molecule has 2 heterocycles. The first-order valence-corrected chi connectivity index (χ1v) is 5.31. The van der Waals surface area contributed by atoms with Crippen molar-refractivity contribution in [2.24, 2.45) is 0 Å². The average molecular weight is 226 g/mol. The fraction of sp³-hybridized carbons (Fsp3) is 0.545. The van der Waals surface area contributed by atoms with Crippen molar-refractivity contribution >= 4 is 5.97 Å². The van der Waals surface area contributed by atoms with Crippen molar-refractivity contribution in [1.82, 2.24) is 0 Å². The predicted octanol–water partition coefficient (Wildman–Crippen LogP) is 1.58. The van der Waals surface area contributed by atoms with E-state index in [2.05, 4.69) is 0 Å². The lowest BCUT2D eigenvalue weighted by atomic mass is 10.0. The van der Waals surface area contributed by atoms with Crippen LogP contribution in [-0.4, -0.2) is 28.9 Å². The van der Waals surface area contributed by atoms with Gasteiger partial charge in [0.25, 0.3) is 0 Å². The van der Waals surface area contributed by atoms with Crippen LogP contribution >= 0.6 is 0 Å². The second-order valence-corrected chi connectivity index (χ2v) is 3.86. The molecule has 16 heavy (non-hydrogen) atoms. The minimum atomic E-state index is -1.14. The molecule has 0 aromatic carbocycles. The monoisotopic (exact) mass is 226 g/mol. The summed E-state index contributed by atoms with van der Waals surface area (Å²) in [5.41, 5.74) is 0. The molecule has 88 valence electrons. The van der Waals surface area contributed by atoms with Crippen LogP contribution < -0.4 is 0 Å². The highest BCUT2D eigenvalue weighted by molar-refractivity contribution is 5.84. The maximum Gasteiger partial charge on any atom is 0.371 e. The molecular weight excluding hydrogens is 212 g/mol. The fourth-order valence-electron chi connectivity index (χ4n) is 1.82. The van der Waals surface area contributed by atoms with Gasteiger partial charge >= 0.3 is 5.97 Å². The molecule has 0 amide bonds. The molecule has 1 aliphatic heterocycles. The smallest absolute Gasteiger partial charge is 0.371 e. The van der Waals surface area contributed by atoms with E-state index in [0.29, 0.717) is 6.61 Å². The zero-order valence-electron chi connectivity index (χ0n) is 8.76. The predicted molar refractivity (Wildman–Crippen MR) is 54.2 cm³/mol. The molecule has 0 spiro atoms. The third kappa shape index (κ3) is 2.25. The van der Waals surface area contributed by atoms with E-state index in [1.54, 1.807) is 0 Å². The summed E-state index contributed by atoms with van der Waals surface area (Å²) in [6, 6.07) is 2.82. The number of furan rings is 1. The second kappa shape index (κ2) is 4.67. The fourth-order valence-corrected chi connectivity index (χ4v) is 1.82. The Morgan fingerprint density at radius 1 is 1.44 bits per heavy atom. The summed E-state index contributed by atoms with van der Waals surface area (Å²) < 4.78 is 10.4. The molecule has 0 aliphatic carbocycles. The number of carboxylic acid groups (broad SMARTS) is 1. The van der Waals surface area contributed by atoms with Gasteiger partial charge in [-0.3, -0.25) is 0 Å². The number of ether oxygens (including phenoxy) is 1. The molecule has 2 unspecified atom stereocenters. The number of carboxylic acids is 1. The van der Waals surface area contributed by atoms with Gasteiger partial charge < -0.3 is 19.4 Å². The number of hydrogen-bond donors (Lipinski definition) is 2. The van der Waals surface area contributed by atoms with Gasteiger partial charge in [0, 0.05) is 6.61 Å². The molecule has 2 atom stereocenters. The van der Waals surface area contributed by atoms with E-state index in [1.807, 2.05) is 0 Å². The number of rotatable bonds is 3. The van der Waals surface area contributed by atoms with Gasteiger partial charge in [-0.25, -0.2) is 4.79 Å². The molecule has 1 aromatic heterocycles. The number of aliphatic hydroxyl groups excluding tert-OH is 1. The number of hydrogen-bond acceptors (Lipinski definition) is 4. The Hall–Kier alpha value is -1.33. The third-order valence-electron chi connectivity index (χ3n) is 2.70. The van der Waals surface area contributed by atoms with Gasteiger partial charge in [-0.1, -0.05) is 0 Å². The van der Waals surface area contributed by atoms with Crippen LogP contribution in [0.15, 0.2) is 16.5 Å². The van der Waals surface area contributed by atoms with Crippen LogP contribution in [0.2, 0.25) is 0 Å². The maximum absolute atomic E-state index is 10.6. The van der Waals surface area contributed by atoms with Crippen molar-refractivity contribution in [2.75, 3.05) is 6.61 Å². The zero-order valence-corrected chi connectivity index (χ0v) is 8.76. The van der Waals surface area contributed by atoms with Gasteiger partial charge in [-0.05, 0) is 31.4 Å². The van der Waals surface area contributed by atoms with Crippen LogP contribution in [0.25, 0.3) is 0 Å². The van der Waals surface area contributed by atoms with Crippen molar-refractivity contribution in [3.63, 3.8) is 0 Å². The maximum atomic E-state index is 10.6. The van der Waals surface area contributed by atoms with Crippen LogP contribution in [0.4, 0.5) is 0 Å². The summed E-state index contributed by atoms with van der Waals surface area (Å²) in [6.45, 7) is 0.633. The van der Waals surface area contributed by atoms with Gasteiger partial charge in [-0.2, -0.15) is 0 Å². The van der Waals surface area contributed by atoms with Crippen molar-refractivity contribution in [1.29, 1.82) is 0 Å². The van der Waals surface area contributed by atoms with E-state index in [-0.39, 0.29) is 17.6 Å². The molecule has 0 saturated carbocycles. The lowest BCUT2D eigenvalue weighted by Crippen LogP contribution is -2.26. The largest absolute Gasteiger partial charge is 0.475 e. The van der Waals surface area contributed by atoms with E-state index in [4.69, 9.17) is 14.3 Å². The summed E-state index contributed by atoms with van der Waals surface area (Å²) in [5, 5.41) is 18.6. The Bertz CT molecular complexity index is 364. The molecule has 0 radical (unpaired) electrons. The minimum absolute atomic E-state index is 0.162. The Kier molecular flexibility index (Phi) is 3.26. The van der Waals surface area contributed by atoms with E-state index >= 15 is 0 Å². The van der Waals surface area contributed by atoms with Gasteiger partial charge in [-0.15, -0.1) is 0 Å². The van der Waals surface area contributed by atoms with Gasteiger partial charge in [0.1, 0.15) is 11.9 Å². The zero-order chi connectivity index (χ0) is 11.5. The molecule has 1 aliphatic rings. The Balaban J connectivity index is 2.07. The molecule has 2 rings (SSSR count). The van der Waals surface area contributed by atoms with E-state index in [9.17, 15) is 9.90 Å². The Labute approximate surface area is 92.6 Å². The normalized spacial score (nSPS) is 22.9. The molecule has 0 bridgehead atoms. The van der Waals surface area contributed by atoms with Crippen LogP contribution in [0.5, 0.6) is 0 Å². The SMILES string of the molecule is O=C(O)c1ccc(C(O)C2CCCCO2)o1. The first kappa shape index (κ1) is 11.2. The standard InChI is InChI=1S/C11H14O5/c12-10(7-3-1-2-6-15-7)8-4-5-9(16-8)11(13)14/h4-5,7,10,12H,1-3,6H2,(H,13,14). The van der Waals surface area contributed by atoms with Crippen LogP contribution in [-0.2, 0) is 4.74 Å².